The topological polar surface area (TPSA) is 50.2 Å². The molecule has 2 fully saturated rings. The van der Waals surface area contributed by atoms with E-state index in [1.165, 1.54) is 11.3 Å². The summed E-state index contributed by atoms with van der Waals surface area (Å²) in [6, 6.07) is 3.14. The third-order valence-corrected chi connectivity index (χ3v) is 7.14. The number of alkyl halides is 3. The normalized spacial score (nSPS) is 27.4. The van der Waals surface area contributed by atoms with E-state index in [9.17, 15) is 18.0 Å². The van der Waals surface area contributed by atoms with Gasteiger partial charge in [-0.05, 0) is 43.6 Å². The number of nitrogens with one attached hydrogen (secondary N) is 1. The molecule has 2 aliphatic heterocycles. The number of piperidine rings is 1. The van der Waals surface area contributed by atoms with E-state index in [0.717, 1.165) is 41.7 Å². The lowest BCUT2D eigenvalue weighted by Gasteiger charge is -2.35. The summed E-state index contributed by atoms with van der Waals surface area (Å²) in [4.78, 5) is 15.5. The van der Waals surface area contributed by atoms with Gasteiger partial charge in [0.25, 0.3) is 0 Å². The van der Waals surface area contributed by atoms with Crippen LogP contribution in [-0.4, -0.2) is 33.3 Å². The first-order valence-electron chi connectivity index (χ1n) is 10.2. The van der Waals surface area contributed by atoms with Gasteiger partial charge in [0, 0.05) is 29.8 Å². The van der Waals surface area contributed by atoms with Crippen LogP contribution in [0, 0.1) is 5.92 Å². The number of nitrogens with zero attached hydrogens (tertiary/aromatic N) is 3. The van der Waals surface area contributed by atoms with Crippen LogP contribution in [0.2, 0.25) is 0 Å². The lowest BCUT2D eigenvalue weighted by atomic mass is 9.98. The minimum Gasteiger partial charge on any atom is -0.363 e. The summed E-state index contributed by atoms with van der Waals surface area (Å²) >= 11 is 1.45. The van der Waals surface area contributed by atoms with Crippen LogP contribution in [0.3, 0.4) is 0 Å². The largest absolute Gasteiger partial charge is 0.410 e. The zero-order valence-electron chi connectivity index (χ0n) is 15.9. The van der Waals surface area contributed by atoms with Crippen molar-refractivity contribution in [3.63, 3.8) is 0 Å². The van der Waals surface area contributed by atoms with Gasteiger partial charge < -0.3 is 10.2 Å². The van der Waals surface area contributed by atoms with Gasteiger partial charge in [-0.15, -0.1) is 11.3 Å². The molecule has 5 rings (SSSR count). The summed E-state index contributed by atoms with van der Waals surface area (Å²) in [5, 5.41) is 9.52. The van der Waals surface area contributed by atoms with Crippen molar-refractivity contribution >= 4 is 23.1 Å². The van der Waals surface area contributed by atoms with Gasteiger partial charge in [-0.3, -0.25) is 4.79 Å². The Labute approximate surface area is 170 Å². The minimum absolute atomic E-state index is 0.0898. The molecule has 1 N–H and O–H groups in total. The number of thiophene rings is 1. The Hall–Kier alpha value is -2.03. The SMILES string of the molecule is O=C(C1CC1)N1CCCC[C@@H]1c1cc2n(n1)[C@@H](C(F)(F)F)C[C@@H](c1cccs1)N2. The first-order valence-corrected chi connectivity index (χ1v) is 11.1. The Morgan fingerprint density at radius 1 is 1.24 bits per heavy atom. The molecule has 4 heterocycles. The van der Waals surface area contributed by atoms with Crippen molar-refractivity contribution in [1.82, 2.24) is 14.7 Å². The van der Waals surface area contributed by atoms with Crippen molar-refractivity contribution < 1.29 is 18.0 Å². The van der Waals surface area contributed by atoms with Gasteiger partial charge in [0.2, 0.25) is 5.91 Å². The van der Waals surface area contributed by atoms with Crippen molar-refractivity contribution in [2.45, 2.75) is 62.8 Å². The molecule has 0 spiro atoms. The van der Waals surface area contributed by atoms with Crippen LogP contribution < -0.4 is 5.32 Å². The molecule has 3 aliphatic rings. The second kappa shape index (κ2) is 7.04. The number of hydrogen-bond donors (Lipinski definition) is 1. The van der Waals surface area contributed by atoms with Gasteiger partial charge in [-0.25, -0.2) is 4.68 Å². The van der Waals surface area contributed by atoms with Crippen molar-refractivity contribution in [1.29, 1.82) is 0 Å². The van der Waals surface area contributed by atoms with E-state index in [4.69, 9.17) is 0 Å². The number of fused-ring (bicyclic) bond motifs is 1. The van der Waals surface area contributed by atoms with E-state index in [2.05, 4.69) is 10.4 Å². The van der Waals surface area contributed by atoms with Crippen molar-refractivity contribution in [2.75, 3.05) is 11.9 Å². The molecule has 0 bridgehead atoms. The van der Waals surface area contributed by atoms with Crippen LogP contribution in [-0.2, 0) is 4.79 Å². The molecule has 2 aromatic heterocycles. The maximum absolute atomic E-state index is 13.9. The average Bonchev–Trinajstić information content (AvgIpc) is 3.23. The first kappa shape index (κ1) is 19.0. The third-order valence-electron chi connectivity index (χ3n) is 6.15. The van der Waals surface area contributed by atoms with Crippen molar-refractivity contribution in [3.8, 4) is 0 Å². The predicted molar refractivity (Wildman–Crippen MR) is 104 cm³/mol. The molecule has 29 heavy (non-hydrogen) atoms. The van der Waals surface area contributed by atoms with E-state index in [1.807, 2.05) is 22.4 Å². The highest BCUT2D eigenvalue weighted by atomic mass is 32.1. The Morgan fingerprint density at radius 3 is 2.76 bits per heavy atom. The number of rotatable bonds is 3. The highest BCUT2D eigenvalue weighted by Crippen LogP contribution is 2.46. The number of likely N-dealkylation sites (tertiary alicyclic amines) is 1. The zero-order valence-corrected chi connectivity index (χ0v) is 16.7. The molecule has 0 radical (unpaired) electrons. The molecular weight excluding hydrogens is 401 g/mol. The van der Waals surface area contributed by atoms with Gasteiger partial charge in [0.05, 0.1) is 17.8 Å². The highest BCUT2D eigenvalue weighted by Gasteiger charge is 2.47. The summed E-state index contributed by atoms with van der Waals surface area (Å²) in [6.45, 7) is 0.663. The molecule has 1 saturated carbocycles. The van der Waals surface area contributed by atoms with Crippen molar-refractivity contribution in [3.05, 3.63) is 34.2 Å². The van der Waals surface area contributed by atoms with Crippen LogP contribution in [0.15, 0.2) is 23.6 Å². The van der Waals surface area contributed by atoms with Gasteiger partial charge in [-0.1, -0.05) is 6.07 Å². The number of carbonyl (C=O) groups is 1. The van der Waals surface area contributed by atoms with Crippen molar-refractivity contribution in [2.24, 2.45) is 5.92 Å². The summed E-state index contributed by atoms with van der Waals surface area (Å²) in [5.74, 6) is 0.617. The molecule has 5 nitrogen and oxygen atoms in total. The Morgan fingerprint density at radius 2 is 2.07 bits per heavy atom. The van der Waals surface area contributed by atoms with Crippen LogP contribution in [0.1, 0.15) is 67.2 Å². The summed E-state index contributed by atoms with van der Waals surface area (Å²) in [7, 11) is 0. The van der Waals surface area contributed by atoms with Gasteiger partial charge in [-0.2, -0.15) is 18.3 Å². The number of amides is 1. The molecule has 0 unspecified atom stereocenters. The second-order valence-corrected chi connectivity index (χ2v) is 9.20. The smallest absolute Gasteiger partial charge is 0.363 e. The standard InChI is InChI=1S/C20H23F3N4OS/c21-20(22,23)17-10-14(16-5-3-9-29-16)24-18-11-13(25-27(17)18)15-4-1-2-8-26(15)19(28)12-6-7-12/h3,5,9,11-12,14-15,17,24H,1-2,4,6-8,10H2/t14-,15+,17+/m0/s1. The fourth-order valence-electron chi connectivity index (χ4n) is 4.50. The number of carbonyl (C=O) groups excluding carboxylic acids is 1. The fourth-order valence-corrected chi connectivity index (χ4v) is 5.29. The second-order valence-electron chi connectivity index (χ2n) is 8.22. The van der Waals surface area contributed by atoms with Gasteiger partial charge in [0.1, 0.15) is 5.82 Å². The van der Waals surface area contributed by atoms with Crippen LogP contribution in [0.5, 0.6) is 0 Å². The molecule has 156 valence electrons. The quantitative estimate of drug-likeness (QED) is 0.749. The van der Waals surface area contributed by atoms with Crippen LogP contribution in [0.4, 0.5) is 19.0 Å². The average molecular weight is 424 g/mol. The van der Waals surface area contributed by atoms with E-state index in [0.29, 0.717) is 18.1 Å². The zero-order chi connectivity index (χ0) is 20.2. The lowest BCUT2D eigenvalue weighted by Crippen LogP contribution is -2.39. The molecule has 1 aliphatic carbocycles. The first-order chi connectivity index (χ1) is 13.9. The Balaban J connectivity index is 1.48. The molecule has 1 saturated heterocycles. The summed E-state index contributed by atoms with van der Waals surface area (Å²) < 4.78 is 42.7. The molecule has 3 atom stereocenters. The molecule has 9 heteroatoms. The summed E-state index contributed by atoms with van der Waals surface area (Å²) in [6.07, 6.45) is 0.00471. The third kappa shape index (κ3) is 3.53. The Kier molecular flexibility index (Phi) is 4.60. The van der Waals surface area contributed by atoms with E-state index >= 15 is 0 Å². The number of aromatic nitrogens is 2. The monoisotopic (exact) mass is 424 g/mol. The molecule has 2 aromatic rings. The molecule has 1 amide bonds. The fraction of sp³-hybridized carbons (Fsp3) is 0.600. The number of halogens is 3. The van der Waals surface area contributed by atoms with E-state index in [-0.39, 0.29) is 24.3 Å². The van der Waals surface area contributed by atoms with Crippen LogP contribution in [0.25, 0.3) is 0 Å². The van der Waals surface area contributed by atoms with Gasteiger partial charge in [0.15, 0.2) is 6.04 Å². The number of hydrogen-bond acceptors (Lipinski definition) is 4. The summed E-state index contributed by atoms with van der Waals surface area (Å²) in [5.41, 5.74) is 0.572. The van der Waals surface area contributed by atoms with Gasteiger partial charge >= 0.3 is 6.18 Å². The number of anilines is 1. The maximum atomic E-state index is 13.9. The predicted octanol–water partition coefficient (Wildman–Crippen LogP) is 5.07. The Bertz CT molecular complexity index is 890. The van der Waals surface area contributed by atoms with E-state index < -0.39 is 18.3 Å². The maximum Gasteiger partial charge on any atom is 0.410 e. The highest BCUT2D eigenvalue weighted by molar-refractivity contribution is 7.10. The molecular formula is C20H23F3N4OS. The lowest BCUT2D eigenvalue weighted by molar-refractivity contribution is -0.173. The van der Waals surface area contributed by atoms with Crippen LogP contribution >= 0.6 is 11.3 Å². The molecule has 0 aromatic carbocycles. The minimum atomic E-state index is -4.38. The van der Waals surface area contributed by atoms with E-state index in [1.54, 1.807) is 6.07 Å².